The van der Waals surface area contributed by atoms with Crippen molar-refractivity contribution in [1.82, 2.24) is 0 Å². The van der Waals surface area contributed by atoms with Gasteiger partial charge in [0.1, 0.15) is 33.4 Å². The highest BCUT2D eigenvalue weighted by Gasteiger charge is 2.34. The molecule has 0 N–H and O–H groups in total. The predicted molar refractivity (Wildman–Crippen MR) is 77.9 cm³/mol. The highest BCUT2D eigenvalue weighted by atomic mass is 32.2. The Bertz CT molecular complexity index is 774. The Morgan fingerprint density at radius 3 is 2.76 bits per heavy atom. The lowest BCUT2D eigenvalue weighted by atomic mass is 10.2. The minimum Gasteiger partial charge on any atom is -0.463 e. The minimum absolute atomic E-state index is 0.342. The molecule has 0 spiro atoms. The lowest BCUT2D eigenvalue weighted by Gasteiger charge is -2.11. The summed E-state index contributed by atoms with van der Waals surface area (Å²) in [5.74, 6) is -0.459. The van der Waals surface area contributed by atoms with Crippen LogP contribution in [0.1, 0.15) is 29.6 Å². The average Bonchev–Trinajstić information content (AvgIpc) is 3.03. The summed E-state index contributed by atoms with van der Waals surface area (Å²) in [5.41, 5.74) is 1.01. The maximum Gasteiger partial charge on any atom is 0.342 e. The second-order valence-electron chi connectivity index (χ2n) is 5.44. The van der Waals surface area contributed by atoms with Gasteiger partial charge in [0.15, 0.2) is 0 Å². The summed E-state index contributed by atoms with van der Waals surface area (Å²) < 4.78 is 33.8. The summed E-state index contributed by atoms with van der Waals surface area (Å²) in [7, 11) is -3.07. The molecular weight excluding hydrogens is 292 g/mol. The molecule has 1 saturated carbocycles. The third kappa shape index (κ3) is 2.81. The van der Waals surface area contributed by atoms with E-state index in [2.05, 4.69) is 0 Å². The van der Waals surface area contributed by atoms with E-state index in [0.717, 1.165) is 0 Å². The molecule has 3 rings (SSSR count). The van der Waals surface area contributed by atoms with Crippen LogP contribution in [0.25, 0.3) is 11.0 Å². The smallest absolute Gasteiger partial charge is 0.342 e. The van der Waals surface area contributed by atoms with E-state index in [-0.39, 0.29) is 6.10 Å². The van der Waals surface area contributed by atoms with Gasteiger partial charge in [0.25, 0.3) is 0 Å². The summed E-state index contributed by atoms with van der Waals surface area (Å²) in [5, 5.41) is 0.302. The average molecular weight is 308 g/mol. The van der Waals surface area contributed by atoms with Crippen molar-refractivity contribution in [3.05, 3.63) is 36.1 Å². The van der Waals surface area contributed by atoms with Crippen molar-refractivity contribution >= 4 is 26.8 Å². The van der Waals surface area contributed by atoms with Crippen LogP contribution in [0.4, 0.5) is 0 Å². The van der Waals surface area contributed by atoms with E-state index in [1.165, 1.54) is 12.5 Å². The molecule has 2 atom stereocenters. The molecule has 1 aromatic carbocycles. The van der Waals surface area contributed by atoms with Gasteiger partial charge >= 0.3 is 5.97 Å². The van der Waals surface area contributed by atoms with Gasteiger partial charge in [0.05, 0.1) is 5.25 Å². The lowest BCUT2D eigenvalue weighted by Crippen LogP contribution is -2.20. The Balaban J connectivity index is 1.73. The molecule has 1 heterocycles. The number of esters is 1. The van der Waals surface area contributed by atoms with E-state index >= 15 is 0 Å². The summed E-state index contributed by atoms with van der Waals surface area (Å²) in [6, 6.07) is 7.23. The van der Waals surface area contributed by atoms with Crippen LogP contribution >= 0.6 is 0 Å². The fourth-order valence-corrected chi connectivity index (χ4v) is 3.88. The van der Waals surface area contributed by atoms with E-state index in [1.54, 1.807) is 12.1 Å². The number of furan rings is 1. The fourth-order valence-electron chi connectivity index (χ4n) is 2.75. The SMILES string of the molecule is CS(=O)(=O)[C@H]1CC[C@@H](OC(=O)c2coc3ccccc23)C1. The van der Waals surface area contributed by atoms with Crippen molar-refractivity contribution in [2.24, 2.45) is 0 Å². The molecule has 2 aromatic rings. The fraction of sp³-hybridized carbons (Fsp3) is 0.400. The molecule has 1 aliphatic rings. The first-order chi connectivity index (χ1) is 9.95. The first-order valence-electron chi connectivity index (χ1n) is 6.81. The number of sulfone groups is 1. The van der Waals surface area contributed by atoms with Gasteiger partial charge in [0, 0.05) is 18.1 Å². The van der Waals surface area contributed by atoms with Gasteiger partial charge in [-0.05, 0) is 18.9 Å². The van der Waals surface area contributed by atoms with Gasteiger partial charge in [-0.15, -0.1) is 0 Å². The molecule has 0 unspecified atom stereocenters. The highest BCUT2D eigenvalue weighted by molar-refractivity contribution is 7.91. The van der Waals surface area contributed by atoms with Crippen LogP contribution in [0.3, 0.4) is 0 Å². The molecular formula is C15H16O5S. The molecule has 6 heteroatoms. The topological polar surface area (TPSA) is 73.6 Å². The summed E-state index contributed by atoms with van der Waals surface area (Å²) in [6.45, 7) is 0. The van der Waals surface area contributed by atoms with Crippen LogP contribution in [-0.4, -0.2) is 32.0 Å². The number of para-hydroxylation sites is 1. The third-order valence-corrected chi connectivity index (χ3v) is 5.56. The Morgan fingerprint density at radius 2 is 2.05 bits per heavy atom. The molecule has 0 radical (unpaired) electrons. The molecule has 1 fully saturated rings. The van der Waals surface area contributed by atoms with Gasteiger partial charge < -0.3 is 9.15 Å². The Morgan fingerprint density at radius 1 is 1.29 bits per heavy atom. The van der Waals surface area contributed by atoms with Crippen molar-refractivity contribution in [2.75, 3.05) is 6.26 Å². The number of carbonyl (C=O) groups is 1. The van der Waals surface area contributed by atoms with Crippen LogP contribution < -0.4 is 0 Å². The maximum absolute atomic E-state index is 12.2. The van der Waals surface area contributed by atoms with Crippen LogP contribution in [0, 0.1) is 0 Å². The van der Waals surface area contributed by atoms with E-state index in [1.807, 2.05) is 12.1 Å². The molecule has 0 aliphatic heterocycles. The molecule has 1 aromatic heterocycles. The number of hydrogen-bond donors (Lipinski definition) is 0. The van der Waals surface area contributed by atoms with Crippen molar-refractivity contribution in [3.63, 3.8) is 0 Å². The molecule has 0 amide bonds. The first-order valence-corrected chi connectivity index (χ1v) is 8.76. The first kappa shape index (κ1) is 14.1. The monoisotopic (exact) mass is 308 g/mol. The van der Waals surface area contributed by atoms with Crippen molar-refractivity contribution in [3.8, 4) is 0 Å². The van der Waals surface area contributed by atoms with E-state index in [0.29, 0.717) is 35.8 Å². The summed E-state index contributed by atoms with van der Waals surface area (Å²) >= 11 is 0. The highest BCUT2D eigenvalue weighted by Crippen LogP contribution is 2.29. The van der Waals surface area contributed by atoms with Gasteiger partial charge in [-0.3, -0.25) is 0 Å². The molecule has 112 valence electrons. The number of benzene rings is 1. The largest absolute Gasteiger partial charge is 0.463 e. The maximum atomic E-state index is 12.2. The lowest BCUT2D eigenvalue weighted by molar-refractivity contribution is 0.0319. The number of fused-ring (bicyclic) bond motifs is 1. The minimum atomic E-state index is -3.07. The zero-order valence-corrected chi connectivity index (χ0v) is 12.4. The standard InChI is InChI=1S/C15H16O5S/c1-21(17,18)11-7-6-10(8-11)20-15(16)13-9-19-14-5-3-2-4-12(13)14/h2-5,9-11H,6-8H2,1H3/t10-,11+/m1/s1. The zero-order chi connectivity index (χ0) is 15.0. The van der Waals surface area contributed by atoms with Crippen LogP contribution in [-0.2, 0) is 14.6 Å². The molecule has 21 heavy (non-hydrogen) atoms. The molecule has 1 aliphatic carbocycles. The van der Waals surface area contributed by atoms with Gasteiger partial charge in [-0.2, -0.15) is 0 Å². The van der Waals surface area contributed by atoms with Crippen LogP contribution in [0.5, 0.6) is 0 Å². The van der Waals surface area contributed by atoms with E-state index in [9.17, 15) is 13.2 Å². The molecule has 5 nitrogen and oxygen atoms in total. The Labute approximate surface area is 122 Å². The van der Waals surface area contributed by atoms with Gasteiger partial charge in [0.2, 0.25) is 0 Å². The second-order valence-corrected chi connectivity index (χ2v) is 7.76. The molecule has 0 bridgehead atoms. The van der Waals surface area contributed by atoms with E-state index in [4.69, 9.17) is 9.15 Å². The van der Waals surface area contributed by atoms with Gasteiger partial charge in [-0.25, -0.2) is 13.2 Å². The summed E-state index contributed by atoms with van der Waals surface area (Å²) in [6.07, 6.45) is 3.77. The van der Waals surface area contributed by atoms with Crippen molar-refractivity contribution in [1.29, 1.82) is 0 Å². The van der Waals surface area contributed by atoms with E-state index < -0.39 is 21.1 Å². The Kier molecular flexibility index (Phi) is 3.49. The number of rotatable bonds is 3. The van der Waals surface area contributed by atoms with Crippen molar-refractivity contribution < 1.29 is 22.4 Å². The van der Waals surface area contributed by atoms with Gasteiger partial charge in [-0.1, -0.05) is 18.2 Å². The second kappa shape index (κ2) is 5.18. The third-order valence-electron chi connectivity index (χ3n) is 3.92. The molecule has 0 saturated heterocycles. The van der Waals surface area contributed by atoms with Crippen LogP contribution in [0.2, 0.25) is 0 Å². The normalized spacial score (nSPS) is 22.5. The number of ether oxygens (including phenoxy) is 1. The predicted octanol–water partition coefficient (Wildman–Crippen LogP) is 2.56. The van der Waals surface area contributed by atoms with Crippen molar-refractivity contribution in [2.45, 2.75) is 30.6 Å². The van der Waals surface area contributed by atoms with Crippen LogP contribution in [0.15, 0.2) is 34.9 Å². The summed E-state index contributed by atoms with van der Waals surface area (Å²) in [4.78, 5) is 12.2. The Hall–Kier alpha value is -1.82. The zero-order valence-electron chi connectivity index (χ0n) is 11.6. The quantitative estimate of drug-likeness (QED) is 0.815. The number of hydrogen-bond acceptors (Lipinski definition) is 5. The number of carbonyl (C=O) groups excluding carboxylic acids is 1.